The number of hydrogen-bond donors (Lipinski definition) is 2. The maximum atomic E-state index is 14.3. The van der Waals surface area contributed by atoms with E-state index < -0.39 is 18.0 Å². The number of nitrogens with zero attached hydrogens (tertiary/aromatic N) is 2. The van der Waals surface area contributed by atoms with E-state index in [4.69, 9.17) is 16.7 Å². The third-order valence-electron chi connectivity index (χ3n) is 3.64. The summed E-state index contributed by atoms with van der Waals surface area (Å²) in [6.45, 7) is 5.71. The summed E-state index contributed by atoms with van der Waals surface area (Å²) < 4.78 is 15.8. The van der Waals surface area contributed by atoms with E-state index >= 15 is 0 Å². The minimum absolute atomic E-state index is 0.243. The second-order valence-corrected chi connectivity index (χ2v) is 6.78. The van der Waals surface area contributed by atoms with Crippen molar-refractivity contribution >= 4 is 17.7 Å². The van der Waals surface area contributed by atoms with E-state index in [9.17, 15) is 9.18 Å². The summed E-state index contributed by atoms with van der Waals surface area (Å²) in [6.07, 6.45) is 3.60. The molecule has 1 amide bonds. The first-order chi connectivity index (χ1) is 10.7. The molecule has 0 saturated heterocycles. The van der Waals surface area contributed by atoms with E-state index in [1.54, 1.807) is 29.1 Å². The molecule has 23 heavy (non-hydrogen) atoms. The van der Waals surface area contributed by atoms with Crippen LogP contribution in [0.1, 0.15) is 26.3 Å². The van der Waals surface area contributed by atoms with Crippen molar-refractivity contribution in [3.63, 3.8) is 0 Å². The molecule has 5 nitrogen and oxygen atoms in total. The molecule has 0 radical (unpaired) electrons. The number of aromatic nitrogens is 2. The lowest BCUT2D eigenvalue weighted by atomic mass is 9.83. The van der Waals surface area contributed by atoms with Crippen LogP contribution in [0.4, 0.5) is 9.18 Å². The molecule has 2 aromatic heterocycles. The van der Waals surface area contributed by atoms with Crippen LogP contribution in [0.5, 0.6) is 0 Å². The molecule has 2 rings (SSSR count). The Morgan fingerprint density at radius 2 is 2.17 bits per heavy atom. The summed E-state index contributed by atoms with van der Waals surface area (Å²) in [4.78, 5) is 14.9. The summed E-state index contributed by atoms with van der Waals surface area (Å²) in [5.41, 5.74) is 0.634. The standard InChI is InChI=1S/C16H19ClFN3O2/c1-16(2,3)13(20-15(22)23)7-10-8-21(9-11(10)18)12-5-4-6-19-14(12)17/h4-6,8-9,13,20H,7H2,1-3H3,(H,22,23). The third-order valence-corrected chi connectivity index (χ3v) is 3.93. The molecule has 1 atom stereocenters. The van der Waals surface area contributed by atoms with Crippen molar-refractivity contribution in [2.24, 2.45) is 5.41 Å². The normalized spacial score (nSPS) is 12.9. The molecule has 0 fully saturated rings. The van der Waals surface area contributed by atoms with Gasteiger partial charge in [-0.1, -0.05) is 32.4 Å². The third kappa shape index (κ3) is 4.22. The lowest BCUT2D eigenvalue weighted by Gasteiger charge is -2.30. The first kappa shape index (κ1) is 17.3. The quantitative estimate of drug-likeness (QED) is 0.830. The molecule has 0 aliphatic heterocycles. The summed E-state index contributed by atoms with van der Waals surface area (Å²) >= 11 is 6.02. The topological polar surface area (TPSA) is 67.2 Å². The number of rotatable bonds is 4. The molecule has 0 bridgehead atoms. The lowest BCUT2D eigenvalue weighted by Crippen LogP contribution is -2.44. The monoisotopic (exact) mass is 339 g/mol. The van der Waals surface area contributed by atoms with E-state index in [1.165, 1.54) is 6.20 Å². The SMILES string of the molecule is CC(C)(C)C(Cc1cn(-c2cccnc2Cl)cc1F)NC(=O)O. The maximum absolute atomic E-state index is 14.3. The highest BCUT2D eigenvalue weighted by molar-refractivity contribution is 6.31. The van der Waals surface area contributed by atoms with E-state index in [2.05, 4.69) is 10.3 Å². The van der Waals surface area contributed by atoms with Crippen molar-refractivity contribution in [3.05, 3.63) is 47.3 Å². The van der Waals surface area contributed by atoms with Crippen LogP contribution in [0.15, 0.2) is 30.7 Å². The van der Waals surface area contributed by atoms with Gasteiger partial charge in [-0.05, 0) is 24.0 Å². The second-order valence-electron chi connectivity index (χ2n) is 6.42. The minimum atomic E-state index is -1.12. The Bertz CT molecular complexity index is 710. The average molecular weight is 340 g/mol. The van der Waals surface area contributed by atoms with Crippen LogP contribution in [0, 0.1) is 11.2 Å². The Kier molecular flexibility index (Phi) is 4.94. The van der Waals surface area contributed by atoms with Crippen molar-refractivity contribution in [1.29, 1.82) is 0 Å². The van der Waals surface area contributed by atoms with Crippen LogP contribution in [-0.2, 0) is 6.42 Å². The first-order valence-corrected chi connectivity index (χ1v) is 7.53. The molecule has 0 aliphatic carbocycles. The molecule has 7 heteroatoms. The van der Waals surface area contributed by atoms with Crippen molar-refractivity contribution in [3.8, 4) is 5.69 Å². The van der Waals surface area contributed by atoms with Gasteiger partial charge in [0.2, 0.25) is 0 Å². The predicted octanol–water partition coefficient (Wildman–Crippen LogP) is 3.89. The van der Waals surface area contributed by atoms with Crippen LogP contribution in [0.25, 0.3) is 5.69 Å². The highest BCUT2D eigenvalue weighted by Gasteiger charge is 2.28. The van der Waals surface area contributed by atoms with E-state index in [1.807, 2.05) is 20.8 Å². The molecule has 0 aliphatic rings. The van der Waals surface area contributed by atoms with Gasteiger partial charge in [-0.2, -0.15) is 0 Å². The Labute approximate surface area is 139 Å². The molecule has 0 aromatic carbocycles. The number of amides is 1. The van der Waals surface area contributed by atoms with Gasteiger partial charge in [0, 0.05) is 30.2 Å². The fourth-order valence-electron chi connectivity index (χ4n) is 2.27. The molecule has 2 N–H and O–H groups in total. The van der Waals surface area contributed by atoms with Gasteiger partial charge in [0.1, 0.15) is 5.82 Å². The Morgan fingerprint density at radius 1 is 1.48 bits per heavy atom. The summed E-state index contributed by atoms with van der Waals surface area (Å²) in [7, 11) is 0. The number of carboxylic acid groups (broad SMARTS) is 1. The van der Waals surface area contributed by atoms with Crippen LogP contribution in [0.3, 0.4) is 0 Å². The van der Waals surface area contributed by atoms with Gasteiger partial charge in [-0.25, -0.2) is 14.2 Å². The van der Waals surface area contributed by atoms with Crippen molar-refractivity contribution in [2.75, 3.05) is 0 Å². The van der Waals surface area contributed by atoms with Gasteiger partial charge in [0.25, 0.3) is 0 Å². The van der Waals surface area contributed by atoms with Crippen LogP contribution < -0.4 is 5.32 Å². The van der Waals surface area contributed by atoms with Crippen LogP contribution in [-0.4, -0.2) is 26.8 Å². The van der Waals surface area contributed by atoms with E-state index in [0.29, 0.717) is 11.3 Å². The van der Waals surface area contributed by atoms with Gasteiger partial charge in [0.15, 0.2) is 5.15 Å². The Balaban J connectivity index is 2.30. The molecular formula is C16H19ClFN3O2. The minimum Gasteiger partial charge on any atom is -0.465 e. The zero-order valence-corrected chi connectivity index (χ0v) is 13.9. The van der Waals surface area contributed by atoms with Crippen molar-refractivity contribution in [1.82, 2.24) is 14.9 Å². The first-order valence-electron chi connectivity index (χ1n) is 7.15. The lowest BCUT2D eigenvalue weighted by molar-refractivity contribution is 0.174. The van der Waals surface area contributed by atoms with Gasteiger partial charge >= 0.3 is 6.09 Å². The van der Waals surface area contributed by atoms with Gasteiger partial charge in [-0.3, -0.25) is 0 Å². The van der Waals surface area contributed by atoms with Gasteiger partial charge in [0.05, 0.1) is 5.69 Å². The number of pyridine rings is 1. The van der Waals surface area contributed by atoms with Crippen LogP contribution >= 0.6 is 11.6 Å². The molecule has 0 saturated carbocycles. The number of carbonyl (C=O) groups is 1. The molecule has 2 heterocycles. The van der Waals surface area contributed by atoms with Gasteiger partial charge < -0.3 is 15.0 Å². The van der Waals surface area contributed by atoms with Crippen LogP contribution in [0.2, 0.25) is 5.15 Å². The Hall–Kier alpha value is -2.08. The van der Waals surface area contributed by atoms with E-state index in [0.717, 1.165) is 0 Å². The van der Waals surface area contributed by atoms with E-state index in [-0.39, 0.29) is 17.0 Å². The molecular weight excluding hydrogens is 321 g/mol. The largest absolute Gasteiger partial charge is 0.465 e. The fourth-order valence-corrected chi connectivity index (χ4v) is 2.49. The summed E-state index contributed by atoms with van der Waals surface area (Å²) in [6, 6.07) is 3.02. The summed E-state index contributed by atoms with van der Waals surface area (Å²) in [5, 5.41) is 11.7. The zero-order valence-electron chi connectivity index (χ0n) is 13.2. The predicted molar refractivity (Wildman–Crippen MR) is 86.6 cm³/mol. The van der Waals surface area contributed by atoms with Crippen molar-refractivity contribution in [2.45, 2.75) is 33.2 Å². The second kappa shape index (κ2) is 6.58. The maximum Gasteiger partial charge on any atom is 0.404 e. The molecule has 124 valence electrons. The molecule has 2 aromatic rings. The Morgan fingerprint density at radius 3 is 2.74 bits per heavy atom. The fraction of sp³-hybridized carbons (Fsp3) is 0.375. The highest BCUT2D eigenvalue weighted by atomic mass is 35.5. The molecule has 0 spiro atoms. The average Bonchev–Trinajstić information content (AvgIpc) is 2.78. The highest BCUT2D eigenvalue weighted by Crippen LogP contribution is 2.26. The van der Waals surface area contributed by atoms with Gasteiger partial charge in [-0.15, -0.1) is 0 Å². The van der Waals surface area contributed by atoms with Crippen molar-refractivity contribution < 1.29 is 14.3 Å². The summed E-state index contributed by atoms with van der Waals surface area (Å²) in [5.74, 6) is -0.411. The zero-order chi connectivity index (χ0) is 17.2. The number of hydrogen-bond acceptors (Lipinski definition) is 2. The molecule has 1 unspecified atom stereocenters. The number of halogens is 2. The smallest absolute Gasteiger partial charge is 0.404 e. The number of nitrogens with one attached hydrogen (secondary N) is 1.